The number of benzene rings is 2. The van der Waals surface area contributed by atoms with Crippen LogP contribution < -0.4 is 10.6 Å². The summed E-state index contributed by atoms with van der Waals surface area (Å²) in [6.45, 7) is 0.498. The van der Waals surface area contributed by atoms with Gasteiger partial charge in [-0.25, -0.2) is 4.39 Å². The van der Waals surface area contributed by atoms with Gasteiger partial charge in [-0.05, 0) is 48.1 Å². The third-order valence-electron chi connectivity index (χ3n) is 2.52. The van der Waals surface area contributed by atoms with Crippen molar-refractivity contribution in [2.45, 2.75) is 6.54 Å². The molecule has 2 rings (SSSR count). The van der Waals surface area contributed by atoms with Gasteiger partial charge in [-0.2, -0.15) is 0 Å². The maximum atomic E-state index is 13.0. The first-order valence-corrected chi connectivity index (χ1v) is 6.95. The van der Waals surface area contributed by atoms with Gasteiger partial charge >= 0.3 is 0 Å². The minimum absolute atomic E-state index is 0.317. The molecule has 104 valence electrons. The van der Waals surface area contributed by atoms with Crippen LogP contribution in [0.15, 0.2) is 42.5 Å². The molecule has 0 saturated carbocycles. The number of anilines is 1. The lowest BCUT2D eigenvalue weighted by Crippen LogP contribution is -2.27. The molecule has 0 aromatic heterocycles. The molecule has 0 aliphatic rings. The molecule has 2 nitrogen and oxygen atoms in total. The Morgan fingerprint density at radius 2 is 1.90 bits per heavy atom. The third kappa shape index (κ3) is 4.34. The molecule has 0 unspecified atom stereocenters. The molecule has 2 N–H and O–H groups in total. The number of halogens is 3. The molecule has 0 bridgehead atoms. The van der Waals surface area contributed by atoms with Crippen LogP contribution in [0, 0.1) is 5.82 Å². The molecule has 6 heteroatoms. The Balaban J connectivity index is 1.90. The van der Waals surface area contributed by atoms with Gasteiger partial charge in [-0.1, -0.05) is 35.3 Å². The lowest BCUT2D eigenvalue weighted by atomic mass is 10.2. The van der Waals surface area contributed by atoms with E-state index in [9.17, 15) is 4.39 Å². The van der Waals surface area contributed by atoms with Gasteiger partial charge in [0.05, 0.1) is 10.0 Å². The molecule has 0 aliphatic heterocycles. The SMILES string of the molecule is Fc1cccc(NC(=S)NCc2ccc(Cl)c(Cl)c2)c1. The largest absolute Gasteiger partial charge is 0.358 e. The molecule has 20 heavy (non-hydrogen) atoms. The Bertz CT molecular complexity index is 634. The van der Waals surface area contributed by atoms with Crippen molar-refractivity contribution < 1.29 is 4.39 Å². The van der Waals surface area contributed by atoms with Gasteiger partial charge in [-0.3, -0.25) is 0 Å². The summed E-state index contributed by atoms with van der Waals surface area (Å²) >= 11 is 16.9. The molecule has 0 spiro atoms. The molecule has 0 fully saturated rings. The summed E-state index contributed by atoms with van der Waals surface area (Å²) in [4.78, 5) is 0. The van der Waals surface area contributed by atoms with Gasteiger partial charge in [-0.15, -0.1) is 0 Å². The van der Waals surface area contributed by atoms with Crippen molar-refractivity contribution in [3.63, 3.8) is 0 Å². The molecular formula is C14H11Cl2FN2S. The second-order valence-corrected chi connectivity index (χ2v) is 5.29. The average molecular weight is 329 g/mol. The van der Waals surface area contributed by atoms with Crippen molar-refractivity contribution in [3.8, 4) is 0 Å². The van der Waals surface area contributed by atoms with E-state index in [1.165, 1.54) is 12.1 Å². The number of hydrogen-bond acceptors (Lipinski definition) is 1. The van der Waals surface area contributed by atoms with Crippen molar-refractivity contribution >= 4 is 46.2 Å². The Hall–Kier alpha value is -1.36. The number of thiocarbonyl (C=S) groups is 1. The fourth-order valence-electron chi connectivity index (χ4n) is 1.57. The van der Waals surface area contributed by atoms with E-state index in [4.69, 9.17) is 35.4 Å². The molecule has 0 atom stereocenters. The number of rotatable bonds is 3. The highest BCUT2D eigenvalue weighted by atomic mass is 35.5. The highest BCUT2D eigenvalue weighted by Crippen LogP contribution is 2.22. The zero-order valence-electron chi connectivity index (χ0n) is 10.3. The van der Waals surface area contributed by atoms with E-state index in [2.05, 4.69) is 10.6 Å². The first-order valence-electron chi connectivity index (χ1n) is 5.79. The summed E-state index contributed by atoms with van der Waals surface area (Å²) in [5.41, 5.74) is 1.54. The van der Waals surface area contributed by atoms with Gasteiger partial charge in [0.15, 0.2) is 5.11 Å². The predicted molar refractivity (Wildman–Crippen MR) is 85.9 cm³/mol. The summed E-state index contributed by atoms with van der Waals surface area (Å²) in [6, 6.07) is 11.4. The van der Waals surface area contributed by atoms with Crippen molar-refractivity contribution in [2.24, 2.45) is 0 Å². The number of hydrogen-bond donors (Lipinski definition) is 2. The van der Waals surface area contributed by atoms with E-state index in [1.54, 1.807) is 24.3 Å². The van der Waals surface area contributed by atoms with Gasteiger partial charge in [0.25, 0.3) is 0 Å². The zero-order chi connectivity index (χ0) is 14.5. The third-order valence-corrected chi connectivity index (χ3v) is 3.50. The van der Waals surface area contributed by atoms with Crippen molar-refractivity contribution in [1.29, 1.82) is 0 Å². The number of nitrogens with one attached hydrogen (secondary N) is 2. The van der Waals surface area contributed by atoms with E-state index in [1.807, 2.05) is 6.07 Å². The Morgan fingerprint density at radius 3 is 2.60 bits per heavy atom. The van der Waals surface area contributed by atoms with Crippen molar-refractivity contribution in [2.75, 3.05) is 5.32 Å². The first-order chi connectivity index (χ1) is 9.54. The molecule has 0 aliphatic carbocycles. The average Bonchev–Trinajstić information content (AvgIpc) is 2.40. The van der Waals surface area contributed by atoms with Crippen molar-refractivity contribution in [1.82, 2.24) is 5.32 Å². The predicted octanol–water partition coefficient (Wildman–Crippen LogP) is 4.62. The van der Waals surface area contributed by atoms with Crippen LogP contribution in [-0.4, -0.2) is 5.11 Å². The lowest BCUT2D eigenvalue weighted by molar-refractivity contribution is 0.628. The molecule has 0 saturated heterocycles. The normalized spacial score (nSPS) is 10.2. The van der Waals surface area contributed by atoms with Crippen LogP contribution in [-0.2, 0) is 6.54 Å². The van der Waals surface area contributed by atoms with Gasteiger partial charge in [0, 0.05) is 12.2 Å². The summed E-state index contributed by atoms with van der Waals surface area (Å²) in [6.07, 6.45) is 0. The maximum Gasteiger partial charge on any atom is 0.171 e. The first kappa shape index (κ1) is 15.0. The zero-order valence-corrected chi connectivity index (χ0v) is 12.6. The van der Waals surface area contributed by atoms with Crippen LogP contribution in [0.1, 0.15) is 5.56 Å². The van der Waals surface area contributed by atoms with Crippen LogP contribution in [0.25, 0.3) is 0 Å². The van der Waals surface area contributed by atoms with E-state index < -0.39 is 0 Å². The summed E-state index contributed by atoms with van der Waals surface area (Å²) in [7, 11) is 0. The van der Waals surface area contributed by atoms with E-state index in [0.29, 0.717) is 27.4 Å². The summed E-state index contributed by atoms with van der Waals surface area (Å²) < 4.78 is 13.0. The van der Waals surface area contributed by atoms with Crippen LogP contribution >= 0.6 is 35.4 Å². The molecule has 0 heterocycles. The summed E-state index contributed by atoms with van der Waals surface area (Å²) in [5, 5.41) is 7.32. The second-order valence-electron chi connectivity index (χ2n) is 4.07. The Kier molecular flexibility index (Phi) is 5.17. The highest BCUT2D eigenvalue weighted by Gasteiger charge is 2.02. The van der Waals surface area contributed by atoms with E-state index in [-0.39, 0.29) is 5.82 Å². The van der Waals surface area contributed by atoms with Crippen LogP contribution in [0.2, 0.25) is 10.0 Å². The van der Waals surface area contributed by atoms with Gasteiger partial charge in [0.1, 0.15) is 5.82 Å². The molecule has 0 radical (unpaired) electrons. The Labute approximate surface area is 131 Å². The fraction of sp³-hybridized carbons (Fsp3) is 0.0714. The molecule has 2 aromatic rings. The topological polar surface area (TPSA) is 24.1 Å². The van der Waals surface area contributed by atoms with Crippen LogP contribution in [0.5, 0.6) is 0 Å². The molecular weight excluding hydrogens is 318 g/mol. The molecule has 2 aromatic carbocycles. The van der Waals surface area contributed by atoms with Gasteiger partial charge in [0.2, 0.25) is 0 Å². The monoisotopic (exact) mass is 328 g/mol. The van der Waals surface area contributed by atoms with Gasteiger partial charge < -0.3 is 10.6 Å². The minimum atomic E-state index is -0.317. The smallest absolute Gasteiger partial charge is 0.171 e. The van der Waals surface area contributed by atoms with E-state index in [0.717, 1.165) is 5.56 Å². The molecule has 0 amide bonds. The maximum absolute atomic E-state index is 13.0. The van der Waals surface area contributed by atoms with E-state index >= 15 is 0 Å². The van der Waals surface area contributed by atoms with Crippen LogP contribution in [0.3, 0.4) is 0 Å². The standard InChI is InChI=1S/C14H11Cl2FN2S/c15-12-5-4-9(6-13(12)16)8-18-14(20)19-11-3-1-2-10(17)7-11/h1-7H,8H2,(H2,18,19,20). The fourth-order valence-corrected chi connectivity index (χ4v) is 2.08. The Morgan fingerprint density at radius 1 is 1.10 bits per heavy atom. The second kappa shape index (κ2) is 6.88. The van der Waals surface area contributed by atoms with Crippen LogP contribution in [0.4, 0.5) is 10.1 Å². The quantitative estimate of drug-likeness (QED) is 0.804. The van der Waals surface area contributed by atoms with Crippen molar-refractivity contribution in [3.05, 3.63) is 63.9 Å². The lowest BCUT2D eigenvalue weighted by Gasteiger charge is -2.11. The summed E-state index contributed by atoms with van der Waals surface area (Å²) in [5.74, 6) is -0.317. The highest BCUT2D eigenvalue weighted by molar-refractivity contribution is 7.80. The minimum Gasteiger partial charge on any atom is -0.358 e.